The van der Waals surface area contributed by atoms with Crippen LogP contribution in [0, 0.1) is 0 Å². The Kier molecular flexibility index (Phi) is 2.06. The minimum absolute atomic E-state index is 0.0463. The third-order valence-corrected chi connectivity index (χ3v) is 2.00. The van der Waals surface area contributed by atoms with Gasteiger partial charge in [0.2, 0.25) is 0 Å². The SMILES string of the molecule is CC(=O)[C@@H]1C[C@H](O)CN1C. The quantitative estimate of drug-likeness (QED) is 0.545. The highest BCUT2D eigenvalue weighted by Gasteiger charge is 2.30. The van der Waals surface area contributed by atoms with E-state index in [2.05, 4.69) is 0 Å². The van der Waals surface area contributed by atoms with E-state index in [-0.39, 0.29) is 17.9 Å². The lowest BCUT2D eigenvalue weighted by atomic mass is 10.1. The molecule has 10 heavy (non-hydrogen) atoms. The molecule has 3 nitrogen and oxygen atoms in total. The Morgan fingerprint density at radius 2 is 2.30 bits per heavy atom. The molecule has 0 aromatic rings. The summed E-state index contributed by atoms with van der Waals surface area (Å²) in [6, 6.07) is -0.0463. The number of aliphatic hydroxyl groups is 1. The van der Waals surface area contributed by atoms with Crippen LogP contribution < -0.4 is 0 Å². The summed E-state index contributed by atoms with van der Waals surface area (Å²) in [7, 11) is 1.86. The number of hydrogen-bond donors (Lipinski definition) is 1. The Hall–Kier alpha value is -0.410. The molecule has 1 heterocycles. The van der Waals surface area contributed by atoms with Gasteiger partial charge in [-0.05, 0) is 20.4 Å². The molecule has 1 aliphatic rings. The summed E-state index contributed by atoms with van der Waals surface area (Å²) in [5.41, 5.74) is 0. The first-order valence-corrected chi connectivity index (χ1v) is 3.50. The molecule has 0 aromatic carbocycles. The summed E-state index contributed by atoms with van der Waals surface area (Å²) in [6.07, 6.45) is 0.296. The molecule has 1 saturated heterocycles. The maximum Gasteiger partial charge on any atom is 0.146 e. The van der Waals surface area contributed by atoms with Gasteiger partial charge in [-0.3, -0.25) is 9.69 Å². The molecule has 3 heteroatoms. The molecule has 1 aliphatic heterocycles. The van der Waals surface area contributed by atoms with E-state index in [1.807, 2.05) is 11.9 Å². The van der Waals surface area contributed by atoms with Gasteiger partial charge in [0.05, 0.1) is 12.1 Å². The smallest absolute Gasteiger partial charge is 0.146 e. The van der Waals surface area contributed by atoms with E-state index in [1.165, 1.54) is 0 Å². The van der Waals surface area contributed by atoms with Gasteiger partial charge in [0.25, 0.3) is 0 Å². The van der Waals surface area contributed by atoms with Crippen LogP contribution in [0.2, 0.25) is 0 Å². The number of nitrogens with zero attached hydrogens (tertiary/aromatic N) is 1. The van der Waals surface area contributed by atoms with Crippen molar-refractivity contribution in [2.75, 3.05) is 13.6 Å². The summed E-state index contributed by atoms with van der Waals surface area (Å²) < 4.78 is 0. The highest BCUT2D eigenvalue weighted by Crippen LogP contribution is 2.15. The maximum atomic E-state index is 10.8. The zero-order valence-electron chi connectivity index (χ0n) is 6.37. The van der Waals surface area contributed by atoms with Gasteiger partial charge in [-0.15, -0.1) is 0 Å². The number of Topliss-reactive ketones (excluding diaryl/α,β-unsaturated/α-hetero) is 1. The fourth-order valence-electron chi connectivity index (χ4n) is 1.45. The third-order valence-electron chi connectivity index (χ3n) is 2.00. The highest BCUT2D eigenvalue weighted by molar-refractivity contribution is 5.81. The highest BCUT2D eigenvalue weighted by atomic mass is 16.3. The Labute approximate surface area is 60.6 Å². The van der Waals surface area contributed by atoms with Gasteiger partial charge < -0.3 is 5.11 Å². The number of aliphatic hydroxyl groups excluding tert-OH is 1. The van der Waals surface area contributed by atoms with Crippen molar-refractivity contribution in [3.05, 3.63) is 0 Å². The molecule has 0 aromatic heterocycles. The zero-order chi connectivity index (χ0) is 7.72. The average Bonchev–Trinajstić information content (AvgIpc) is 2.10. The fraction of sp³-hybridized carbons (Fsp3) is 0.857. The van der Waals surface area contributed by atoms with Crippen LogP contribution in [-0.2, 0) is 4.79 Å². The van der Waals surface area contributed by atoms with E-state index in [1.54, 1.807) is 6.92 Å². The number of rotatable bonds is 1. The first-order chi connectivity index (χ1) is 4.61. The van der Waals surface area contributed by atoms with Crippen LogP contribution in [0.3, 0.4) is 0 Å². The Morgan fingerprint density at radius 3 is 2.50 bits per heavy atom. The monoisotopic (exact) mass is 143 g/mol. The van der Waals surface area contributed by atoms with E-state index in [9.17, 15) is 4.79 Å². The molecule has 1 N–H and O–H groups in total. The van der Waals surface area contributed by atoms with Crippen molar-refractivity contribution in [1.82, 2.24) is 4.90 Å². The minimum atomic E-state index is -0.307. The number of ketones is 1. The standard InChI is InChI=1S/C7H13NO2/c1-5(9)7-3-6(10)4-8(7)2/h6-7,10H,3-4H2,1-2H3/t6-,7-/m0/s1. The molecule has 2 atom stereocenters. The lowest BCUT2D eigenvalue weighted by Crippen LogP contribution is -2.30. The molecule has 0 bridgehead atoms. The van der Waals surface area contributed by atoms with Crippen molar-refractivity contribution >= 4 is 5.78 Å². The van der Waals surface area contributed by atoms with Crippen molar-refractivity contribution in [2.24, 2.45) is 0 Å². The molecule has 0 radical (unpaired) electrons. The molecular formula is C7H13NO2. The van der Waals surface area contributed by atoms with E-state index in [4.69, 9.17) is 5.11 Å². The van der Waals surface area contributed by atoms with Crippen LogP contribution >= 0.6 is 0 Å². The second kappa shape index (κ2) is 2.68. The van der Waals surface area contributed by atoms with Crippen LogP contribution in [0.25, 0.3) is 0 Å². The van der Waals surface area contributed by atoms with Crippen LogP contribution in [0.1, 0.15) is 13.3 Å². The van der Waals surface area contributed by atoms with Crippen LogP contribution in [0.4, 0.5) is 0 Å². The summed E-state index contributed by atoms with van der Waals surface area (Å²) in [5, 5.41) is 9.12. The lowest BCUT2D eigenvalue weighted by Gasteiger charge is -2.14. The first kappa shape index (κ1) is 7.69. The number of likely N-dealkylation sites (N-methyl/N-ethyl adjacent to an activating group) is 1. The average molecular weight is 143 g/mol. The summed E-state index contributed by atoms with van der Waals surface area (Å²) in [5.74, 6) is 0.152. The van der Waals surface area contributed by atoms with Gasteiger partial charge in [-0.2, -0.15) is 0 Å². The lowest BCUT2D eigenvalue weighted by molar-refractivity contribution is -0.120. The van der Waals surface area contributed by atoms with Crippen LogP contribution in [0.5, 0.6) is 0 Å². The Bertz CT molecular complexity index is 147. The van der Waals surface area contributed by atoms with Crippen molar-refractivity contribution in [2.45, 2.75) is 25.5 Å². The van der Waals surface area contributed by atoms with E-state index in [0.29, 0.717) is 13.0 Å². The maximum absolute atomic E-state index is 10.8. The molecule has 0 spiro atoms. The fourth-order valence-corrected chi connectivity index (χ4v) is 1.45. The van der Waals surface area contributed by atoms with Crippen LogP contribution in [0.15, 0.2) is 0 Å². The van der Waals surface area contributed by atoms with Gasteiger partial charge in [0.1, 0.15) is 5.78 Å². The number of hydrogen-bond acceptors (Lipinski definition) is 3. The summed E-state index contributed by atoms with van der Waals surface area (Å²) in [6.45, 7) is 2.20. The summed E-state index contributed by atoms with van der Waals surface area (Å²) >= 11 is 0. The number of likely N-dealkylation sites (tertiary alicyclic amines) is 1. The van der Waals surface area contributed by atoms with E-state index < -0.39 is 0 Å². The molecular weight excluding hydrogens is 130 g/mol. The molecule has 1 rings (SSSR count). The van der Waals surface area contributed by atoms with Crippen molar-refractivity contribution in [3.8, 4) is 0 Å². The predicted octanol–water partition coefficient (Wildman–Crippen LogP) is -0.360. The van der Waals surface area contributed by atoms with Gasteiger partial charge in [-0.1, -0.05) is 0 Å². The van der Waals surface area contributed by atoms with Gasteiger partial charge in [0.15, 0.2) is 0 Å². The van der Waals surface area contributed by atoms with Crippen molar-refractivity contribution in [3.63, 3.8) is 0 Å². The van der Waals surface area contributed by atoms with E-state index in [0.717, 1.165) is 0 Å². The minimum Gasteiger partial charge on any atom is -0.392 e. The molecule has 0 saturated carbocycles. The molecule has 0 amide bonds. The number of β-amino-alcohol motifs (C(OH)–C–C–N with tert-alkyl or cyclic N) is 1. The van der Waals surface area contributed by atoms with Gasteiger partial charge in [-0.25, -0.2) is 0 Å². The van der Waals surface area contributed by atoms with Gasteiger partial charge >= 0.3 is 0 Å². The summed E-state index contributed by atoms with van der Waals surface area (Å²) in [4.78, 5) is 12.7. The number of carbonyl (C=O) groups excluding carboxylic acids is 1. The predicted molar refractivity (Wildman–Crippen MR) is 37.7 cm³/mol. The molecule has 0 aliphatic carbocycles. The zero-order valence-corrected chi connectivity index (χ0v) is 6.37. The second-order valence-electron chi connectivity index (χ2n) is 2.96. The second-order valence-corrected chi connectivity index (χ2v) is 2.96. The third kappa shape index (κ3) is 1.36. The van der Waals surface area contributed by atoms with Crippen LogP contribution in [-0.4, -0.2) is 41.5 Å². The van der Waals surface area contributed by atoms with Crippen molar-refractivity contribution < 1.29 is 9.90 Å². The molecule has 58 valence electrons. The molecule has 1 fully saturated rings. The first-order valence-electron chi connectivity index (χ1n) is 3.50. The number of carbonyl (C=O) groups is 1. The topological polar surface area (TPSA) is 40.5 Å². The largest absolute Gasteiger partial charge is 0.392 e. The molecule has 0 unspecified atom stereocenters. The Morgan fingerprint density at radius 1 is 1.70 bits per heavy atom. The van der Waals surface area contributed by atoms with Gasteiger partial charge in [0, 0.05) is 6.54 Å². The normalized spacial score (nSPS) is 34.7. The van der Waals surface area contributed by atoms with E-state index >= 15 is 0 Å². The van der Waals surface area contributed by atoms with Crippen molar-refractivity contribution in [1.29, 1.82) is 0 Å². The Balaban J connectivity index is 2.54.